The molecule has 0 aliphatic carbocycles. The zero-order valence-electron chi connectivity index (χ0n) is 13.5. The van der Waals surface area contributed by atoms with Gasteiger partial charge in [0, 0.05) is 24.4 Å². The summed E-state index contributed by atoms with van der Waals surface area (Å²) in [5.41, 5.74) is 1.33. The molecule has 3 heterocycles. The number of benzene rings is 1. The number of imidazole rings is 1. The van der Waals surface area contributed by atoms with Gasteiger partial charge in [0.25, 0.3) is 0 Å². The SMILES string of the molecule is O=C(Nc1cc2nc(-c3ccc(F)c(F)c3)cn2cn1)N1CC[C@H](F)C1. The van der Waals surface area contributed by atoms with Crippen molar-refractivity contribution >= 4 is 17.5 Å². The van der Waals surface area contributed by atoms with Gasteiger partial charge in [-0.2, -0.15) is 0 Å². The summed E-state index contributed by atoms with van der Waals surface area (Å²) in [6.07, 6.45) is 2.40. The minimum Gasteiger partial charge on any atom is -0.321 e. The molecule has 1 fully saturated rings. The van der Waals surface area contributed by atoms with Gasteiger partial charge in [0.15, 0.2) is 11.6 Å². The van der Waals surface area contributed by atoms with E-state index in [-0.39, 0.29) is 12.4 Å². The van der Waals surface area contributed by atoms with E-state index in [9.17, 15) is 18.0 Å². The predicted molar refractivity (Wildman–Crippen MR) is 88.4 cm³/mol. The Morgan fingerprint density at radius 2 is 2.08 bits per heavy atom. The van der Waals surface area contributed by atoms with Crippen LogP contribution < -0.4 is 5.32 Å². The summed E-state index contributed by atoms with van der Waals surface area (Å²) in [5, 5.41) is 2.61. The molecule has 0 spiro atoms. The molecule has 0 unspecified atom stereocenters. The fraction of sp³-hybridized carbons (Fsp3) is 0.235. The first-order chi connectivity index (χ1) is 12.5. The van der Waals surface area contributed by atoms with E-state index >= 15 is 0 Å². The summed E-state index contributed by atoms with van der Waals surface area (Å²) in [4.78, 5) is 21.9. The molecule has 1 aliphatic rings. The molecule has 3 aromatic rings. The van der Waals surface area contributed by atoms with Gasteiger partial charge >= 0.3 is 6.03 Å². The van der Waals surface area contributed by atoms with Gasteiger partial charge in [-0.25, -0.2) is 27.9 Å². The Bertz CT molecular complexity index is 990. The normalized spacial score (nSPS) is 17.0. The highest BCUT2D eigenvalue weighted by atomic mass is 19.2. The van der Waals surface area contributed by atoms with Crippen molar-refractivity contribution < 1.29 is 18.0 Å². The van der Waals surface area contributed by atoms with Crippen molar-refractivity contribution in [3.05, 3.63) is 48.4 Å². The third-order valence-corrected chi connectivity index (χ3v) is 4.22. The number of fused-ring (bicyclic) bond motifs is 1. The number of amides is 2. The summed E-state index contributed by atoms with van der Waals surface area (Å²) in [5.74, 6) is -1.61. The zero-order chi connectivity index (χ0) is 18.3. The van der Waals surface area contributed by atoms with Crippen LogP contribution in [-0.2, 0) is 0 Å². The first-order valence-electron chi connectivity index (χ1n) is 8.00. The highest BCUT2D eigenvalue weighted by molar-refractivity contribution is 5.89. The summed E-state index contributed by atoms with van der Waals surface area (Å²) in [6, 6.07) is 4.65. The van der Waals surface area contributed by atoms with E-state index in [2.05, 4.69) is 15.3 Å². The topological polar surface area (TPSA) is 62.5 Å². The molecule has 1 aromatic carbocycles. The van der Waals surface area contributed by atoms with Gasteiger partial charge in [-0.1, -0.05) is 0 Å². The average Bonchev–Trinajstić information content (AvgIpc) is 3.23. The Labute approximate surface area is 146 Å². The molecule has 1 aliphatic heterocycles. The van der Waals surface area contributed by atoms with Crippen LogP contribution in [0, 0.1) is 11.6 Å². The fourth-order valence-corrected chi connectivity index (χ4v) is 2.84. The summed E-state index contributed by atoms with van der Waals surface area (Å²) < 4.78 is 41.3. The lowest BCUT2D eigenvalue weighted by Crippen LogP contribution is -2.33. The van der Waals surface area contributed by atoms with Gasteiger partial charge in [0.2, 0.25) is 0 Å². The Morgan fingerprint density at radius 1 is 1.23 bits per heavy atom. The van der Waals surface area contributed by atoms with Gasteiger partial charge in [-0.05, 0) is 24.6 Å². The minimum absolute atomic E-state index is 0.0672. The molecule has 26 heavy (non-hydrogen) atoms. The van der Waals surface area contributed by atoms with Crippen LogP contribution >= 0.6 is 0 Å². The number of rotatable bonds is 2. The van der Waals surface area contributed by atoms with Crippen molar-refractivity contribution in [1.82, 2.24) is 19.3 Å². The number of likely N-dealkylation sites (tertiary alicyclic amines) is 1. The third kappa shape index (κ3) is 3.07. The molecule has 9 heteroatoms. The molecule has 1 atom stereocenters. The van der Waals surface area contributed by atoms with Crippen molar-refractivity contribution in [2.75, 3.05) is 18.4 Å². The van der Waals surface area contributed by atoms with E-state index in [1.54, 1.807) is 16.7 Å². The van der Waals surface area contributed by atoms with Gasteiger partial charge in [-0.15, -0.1) is 0 Å². The first-order valence-corrected chi connectivity index (χ1v) is 8.00. The lowest BCUT2D eigenvalue weighted by molar-refractivity contribution is 0.217. The Morgan fingerprint density at radius 3 is 2.81 bits per heavy atom. The van der Waals surface area contributed by atoms with Gasteiger partial charge in [-0.3, -0.25) is 9.72 Å². The van der Waals surface area contributed by atoms with Crippen LogP contribution in [-0.4, -0.2) is 44.6 Å². The predicted octanol–water partition coefficient (Wildman–Crippen LogP) is 3.25. The lowest BCUT2D eigenvalue weighted by atomic mass is 10.1. The van der Waals surface area contributed by atoms with Gasteiger partial charge < -0.3 is 4.90 Å². The molecule has 2 amide bonds. The molecular weight excluding hydrogens is 347 g/mol. The van der Waals surface area contributed by atoms with Crippen LogP contribution in [0.25, 0.3) is 16.9 Å². The molecule has 4 rings (SSSR count). The summed E-state index contributed by atoms with van der Waals surface area (Å²) in [6.45, 7) is 0.427. The summed E-state index contributed by atoms with van der Waals surface area (Å²) in [7, 11) is 0. The van der Waals surface area contributed by atoms with E-state index in [4.69, 9.17) is 0 Å². The minimum atomic E-state index is -0.998. The largest absolute Gasteiger partial charge is 0.323 e. The van der Waals surface area contributed by atoms with E-state index < -0.39 is 23.8 Å². The number of carbonyl (C=O) groups excluding carboxylic acids is 1. The maximum atomic E-state index is 13.4. The number of nitrogens with zero attached hydrogens (tertiary/aromatic N) is 4. The molecule has 0 saturated carbocycles. The second kappa shape index (κ2) is 6.32. The first kappa shape index (κ1) is 16.4. The summed E-state index contributed by atoms with van der Waals surface area (Å²) >= 11 is 0. The maximum absolute atomic E-state index is 13.4. The van der Waals surface area contributed by atoms with Crippen molar-refractivity contribution in [2.24, 2.45) is 0 Å². The van der Waals surface area contributed by atoms with Gasteiger partial charge in [0.1, 0.15) is 24.0 Å². The number of halogens is 3. The highest BCUT2D eigenvalue weighted by Crippen LogP contribution is 2.22. The Hall–Kier alpha value is -3.10. The van der Waals surface area contributed by atoms with E-state index in [1.807, 2.05) is 0 Å². The number of hydrogen-bond donors (Lipinski definition) is 1. The van der Waals surface area contributed by atoms with Crippen molar-refractivity contribution in [2.45, 2.75) is 12.6 Å². The third-order valence-electron chi connectivity index (χ3n) is 4.22. The van der Waals surface area contributed by atoms with E-state index in [1.165, 1.54) is 17.3 Å². The number of hydrogen-bond acceptors (Lipinski definition) is 3. The van der Waals surface area contributed by atoms with Crippen LogP contribution in [0.15, 0.2) is 36.8 Å². The highest BCUT2D eigenvalue weighted by Gasteiger charge is 2.26. The Balaban J connectivity index is 1.57. The molecule has 2 aromatic heterocycles. The van der Waals surface area contributed by atoms with E-state index in [0.29, 0.717) is 29.9 Å². The molecule has 134 valence electrons. The van der Waals surface area contributed by atoms with Crippen LogP contribution in [0.5, 0.6) is 0 Å². The number of alkyl halides is 1. The second-order valence-corrected chi connectivity index (χ2v) is 6.06. The quantitative estimate of drug-likeness (QED) is 0.762. The van der Waals surface area contributed by atoms with Crippen LogP contribution in [0.2, 0.25) is 0 Å². The van der Waals surface area contributed by atoms with Crippen molar-refractivity contribution in [1.29, 1.82) is 0 Å². The number of aromatic nitrogens is 3. The number of anilines is 1. The Kier molecular flexibility index (Phi) is 3.98. The molecule has 1 N–H and O–H groups in total. The van der Waals surface area contributed by atoms with Crippen LogP contribution in [0.3, 0.4) is 0 Å². The van der Waals surface area contributed by atoms with Crippen molar-refractivity contribution in [3.63, 3.8) is 0 Å². The van der Waals surface area contributed by atoms with Crippen LogP contribution in [0.1, 0.15) is 6.42 Å². The molecular formula is C17H14F3N5O. The number of carbonyl (C=O) groups is 1. The smallest absolute Gasteiger partial charge is 0.321 e. The average molecular weight is 361 g/mol. The van der Waals surface area contributed by atoms with E-state index in [0.717, 1.165) is 12.1 Å². The van der Waals surface area contributed by atoms with Gasteiger partial charge in [0.05, 0.1) is 12.2 Å². The van der Waals surface area contributed by atoms with Crippen molar-refractivity contribution in [3.8, 4) is 11.3 Å². The monoisotopic (exact) mass is 361 g/mol. The second-order valence-electron chi connectivity index (χ2n) is 6.06. The molecule has 1 saturated heterocycles. The maximum Gasteiger partial charge on any atom is 0.323 e. The number of nitrogens with one attached hydrogen (secondary N) is 1. The zero-order valence-corrected chi connectivity index (χ0v) is 13.5. The molecule has 0 radical (unpaired) electrons. The number of urea groups is 1. The standard InChI is InChI=1S/C17H14F3N5O/c18-11-3-4-24(7-11)17(26)23-15-6-16-22-14(8-25(16)9-21-15)10-1-2-12(19)13(20)5-10/h1-2,5-6,8-9,11H,3-4,7H2,(H,23,26)/t11-/m0/s1. The molecule has 6 nitrogen and oxygen atoms in total. The molecule has 0 bridgehead atoms. The fourth-order valence-electron chi connectivity index (χ4n) is 2.84. The lowest BCUT2D eigenvalue weighted by Gasteiger charge is -2.15. The van der Waals surface area contributed by atoms with Crippen LogP contribution in [0.4, 0.5) is 23.8 Å².